The normalized spacial score (nSPS) is 12.5. The second-order valence-corrected chi connectivity index (χ2v) is 11.5. The van der Waals surface area contributed by atoms with E-state index in [0.717, 1.165) is 27.3 Å². The molecule has 3 nitrogen and oxygen atoms in total. The van der Waals surface area contributed by atoms with E-state index in [2.05, 4.69) is 0 Å². The number of hydrogen-bond donors (Lipinski definition) is 0. The number of hydrogen-bond acceptors (Lipinski definition) is 3. The third kappa shape index (κ3) is 4.18. The van der Waals surface area contributed by atoms with Gasteiger partial charge in [0.25, 0.3) is 0 Å². The molecule has 0 N–H and O–H groups in total. The fraction of sp³-hybridized carbons (Fsp3) is 0.182. The minimum absolute atomic E-state index is 0.178. The van der Waals surface area contributed by atoms with Crippen molar-refractivity contribution in [1.82, 2.24) is 0 Å². The van der Waals surface area contributed by atoms with E-state index >= 15 is 0 Å². The predicted molar refractivity (Wildman–Crippen MR) is 117 cm³/mol. The molecule has 0 spiro atoms. The van der Waals surface area contributed by atoms with Gasteiger partial charge >= 0.3 is 0 Å². The Morgan fingerprint density at radius 2 is 1.30 bits per heavy atom. The van der Waals surface area contributed by atoms with E-state index in [9.17, 15) is 10.1 Å². The second kappa shape index (κ2) is 8.16. The van der Waals surface area contributed by atoms with E-state index in [1.165, 1.54) is 0 Å². The maximum absolute atomic E-state index is 11.6. The second-order valence-electron chi connectivity index (χ2n) is 6.77. The summed E-state index contributed by atoms with van der Waals surface area (Å²) < 4.78 is 0. The lowest BCUT2D eigenvalue weighted by molar-refractivity contribution is -0.479. The van der Waals surface area contributed by atoms with Crippen LogP contribution < -0.4 is 10.6 Å². The molecule has 3 aromatic rings. The van der Waals surface area contributed by atoms with Gasteiger partial charge in [0, 0.05) is 11.0 Å². The quantitative estimate of drug-likeness (QED) is 0.344. The smallest absolute Gasteiger partial charge is 0.215 e. The molecule has 3 aromatic carbocycles. The van der Waals surface area contributed by atoms with E-state index in [4.69, 9.17) is 11.8 Å². The molecule has 0 bridgehead atoms. The van der Waals surface area contributed by atoms with Crippen LogP contribution >= 0.6 is 6.04 Å². The molecule has 3 rings (SSSR count). The minimum atomic E-state index is -2.46. The van der Waals surface area contributed by atoms with Crippen LogP contribution in [0.25, 0.3) is 0 Å². The molecule has 0 aliphatic carbocycles. The van der Waals surface area contributed by atoms with Gasteiger partial charge in [0.15, 0.2) is 0 Å². The Morgan fingerprint density at radius 1 is 0.852 bits per heavy atom. The zero-order valence-corrected chi connectivity index (χ0v) is 17.1. The summed E-state index contributed by atoms with van der Waals surface area (Å²) in [5.74, 6) is 0. The van der Waals surface area contributed by atoms with Gasteiger partial charge in [-0.2, -0.15) is 0 Å². The first-order valence-corrected chi connectivity index (χ1v) is 11.7. The van der Waals surface area contributed by atoms with Crippen molar-refractivity contribution >= 4 is 28.5 Å². The third-order valence-corrected chi connectivity index (χ3v) is 10.3. The van der Waals surface area contributed by atoms with E-state index in [-0.39, 0.29) is 17.1 Å². The summed E-state index contributed by atoms with van der Waals surface area (Å²) in [7, 11) is 0. The SMILES string of the molecule is Cc1ccc(P(=S)(c2ccc(C)cc2)[C@@H](C[N+](=O)[O-])c2ccccc2)cc1. The van der Waals surface area contributed by atoms with Crippen LogP contribution in [0.5, 0.6) is 0 Å². The zero-order valence-electron chi connectivity index (χ0n) is 15.4. The minimum Gasteiger partial charge on any atom is -0.265 e. The molecule has 138 valence electrons. The highest BCUT2D eigenvalue weighted by Crippen LogP contribution is 2.57. The van der Waals surface area contributed by atoms with Crippen LogP contribution in [0.1, 0.15) is 22.3 Å². The Labute approximate surface area is 165 Å². The summed E-state index contributed by atoms with van der Waals surface area (Å²) in [5, 5.41) is 13.6. The van der Waals surface area contributed by atoms with Gasteiger partial charge in [-0.1, -0.05) is 102 Å². The number of nitro groups is 1. The summed E-state index contributed by atoms with van der Waals surface area (Å²) in [6.07, 6.45) is 0. The summed E-state index contributed by atoms with van der Waals surface area (Å²) in [4.78, 5) is 11.3. The van der Waals surface area contributed by atoms with Gasteiger partial charge in [0.05, 0.1) is 5.66 Å². The molecule has 0 amide bonds. The van der Waals surface area contributed by atoms with Crippen molar-refractivity contribution in [1.29, 1.82) is 0 Å². The van der Waals surface area contributed by atoms with Crippen molar-refractivity contribution < 1.29 is 4.92 Å². The summed E-state index contributed by atoms with van der Waals surface area (Å²) in [6, 6.07) is 23.6. The number of aryl methyl sites for hydroxylation is 2. The van der Waals surface area contributed by atoms with Gasteiger partial charge in [-0.25, -0.2) is 0 Å². The molecule has 0 saturated carbocycles. The Hall–Kier alpha value is -2.29. The zero-order chi connectivity index (χ0) is 19.4. The van der Waals surface area contributed by atoms with Gasteiger partial charge in [-0.15, -0.1) is 0 Å². The Kier molecular flexibility index (Phi) is 5.88. The Balaban J connectivity index is 2.26. The maximum atomic E-state index is 11.6. The fourth-order valence-electron chi connectivity index (χ4n) is 3.29. The van der Waals surface area contributed by atoms with Crippen LogP contribution in [0.2, 0.25) is 0 Å². The number of rotatable bonds is 6. The maximum Gasteiger partial charge on any atom is 0.215 e. The van der Waals surface area contributed by atoms with E-state index in [0.29, 0.717) is 0 Å². The van der Waals surface area contributed by atoms with Crippen molar-refractivity contribution in [2.75, 3.05) is 6.54 Å². The van der Waals surface area contributed by atoms with Crippen LogP contribution in [0.15, 0.2) is 78.9 Å². The first-order chi connectivity index (χ1) is 12.9. The van der Waals surface area contributed by atoms with Gasteiger partial charge in [-0.05, 0) is 30.0 Å². The molecule has 5 heteroatoms. The van der Waals surface area contributed by atoms with E-state index in [1.54, 1.807) is 0 Å². The highest BCUT2D eigenvalue weighted by Gasteiger charge is 2.36. The molecule has 0 radical (unpaired) electrons. The van der Waals surface area contributed by atoms with Gasteiger partial charge in [0.2, 0.25) is 6.54 Å². The first-order valence-electron chi connectivity index (χ1n) is 8.82. The molecule has 0 unspecified atom stereocenters. The summed E-state index contributed by atoms with van der Waals surface area (Å²) in [6.45, 7) is 3.89. The molecule has 0 fully saturated rings. The molecule has 0 aliphatic rings. The fourth-order valence-corrected chi connectivity index (χ4v) is 7.74. The highest BCUT2D eigenvalue weighted by molar-refractivity contribution is 8.22. The van der Waals surface area contributed by atoms with Crippen LogP contribution in [-0.2, 0) is 11.8 Å². The number of nitrogens with zero attached hydrogens (tertiary/aromatic N) is 1. The largest absolute Gasteiger partial charge is 0.265 e. The van der Waals surface area contributed by atoms with Crippen molar-refractivity contribution in [3.05, 3.63) is 106 Å². The Bertz CT molecular complexity index is 920. The molecule has 0 heterocycles. The van der Waals surface area contributed by atoms with Gasteiger partial charge in [-0.3, -0.25) is 10.1 Å². The standard InChI is InChI=1S/C22H22NO2PS/c1-17-8-12-20(13-9-17)26(27,21-14-10-18(2)11-15-21)22(16-23(24)25)19-6-4-3-5-7-19/h3-15,22H,16H2,1-2H3/t22-/m0/s1. The molecular weight excluding hydrogens is 373 g/mol. The third-order valence-electron chi connectivity index (χ3n) is 4.78. The topological polar surface area (TPSA) is 43.1 Å². The van der Waals surface area contributed by atoms with Crippen LogP contribution in [0.4, 0.5) is 0 Å². The molecule has 1 atom stereocenters. The molecule has 0 saturated heterocycles. The van der Waals surface area contributed by atoms with Crippen molar-refractivity contribution in [2.45, 2.75) is 19.5 Å². The van der Waals surface area contributed by atoms with Crippen molar-refractivity contribution in [3.8, 4) is 0 Å². The van der Waals surface area contributed by atoms with E-state index in [1.807, 2.05) is 92.7 Å². The highest BCUT2D eigenvalue weighted by atomic mass is 32.4. The molecule has 0 aliphatic heterocycles. The van der Waals surface area contributed by atoms with Crippen molar-refractivity contribution in [2.24, 2.45) is 0 Å². The van der Waals surface area contributed by atoms with Gasteiger partial charge in [0.1, 0.15) is 0 Å². The van der Waals surface area contributed by atoms with Crippen LogP contribution in [0, 0.1) is 24.0 Å². The monoisotopic (exact) mass is 395 g/mol. The molecule has 27 heavy (non-hydrogen) atoms. The van der Waals surface area contributed by atoms with Crippen LogP contribution in [0.3, 0.4) is 0 Å². The first kappa shape index (κ1) is 19.5. The average Bonchev–Trinajstić information content (AvgIpc) is 2.67. The van der Waals surface area contributed by atoms with Crippen molar-refractivity contribution in [3.63, 3.8) is 0 Å². The van der Waals surface area contributed by atoms with Crippen LogP contribution in [-0.4, -0.2) is 11.5 Å². The van der Waals surface area contributed by atoms with Gasteiger partial charge < -0.3 is 0 Å². The predicted octanol–water partition coefficient (Wildman–Crippen LogP) is 4.75. The summed E-state index contributed by atoms with van der Waals surface area (Å²) in [5.41, 5.74) is 2.87. The lowest BCUT2D eigenvalue weighted by Crippen LogP contribution is -2.25. The average molecular weight is 395 g/mol. The Morgan fingerprint density at radius 3 is 1.70 bits per heavy atom. The van der Waals surface area contributed by atoms with E-state index < -0.39 is 6.04 Å². The summed E-state index contributed by atoms with van der Waals surface area (Å²) >= 11 is 6.35. The molecule has 0 aromatic heterocycles. The molecular formula is C22H22NO2PS. The number of benzene rings is 3. The lowest BCUT2D eigenvalue weighted by Gasteiger charge is -2.30. The lowest BCUT2D eigenvalue weighted by atomic mass is 10.1.